The number of rotatable bonds is 12. The van der Waals surface area contributed by atoms with Gasteiger partial charge in [0.25, 0.3) is 0 Å². The first-order chi connectivity index (χ1) is 13.1. The van der Waals surface area contributed by atoms with Gasteiger partial charge in [0.05, 0.1) is 13.1 Å². The normalized spacial score (nSPS) is 13.2. The molecule has 0 radical (unpaired) electrons. The molecule has 2 N–H and O–H groups in total. The predicted octanol–water partition coefficient (Wildman–Crippen LogP) is 2.12. The Morgan fingerprint density at radius 3 is 2.21 bits per heavy atom. The van der Waals surface area contributed by atoms with Crippen molar-refractivity contribution in [3.05, 3.63) is 42.0 Å². The zero-order valence-electron chi connectivity index (χ0n) is 18.3. The smallest absolute Gasteiger partial charge is 0.423 e. The van der Waals surface area contributed by atoms with Crippen molar-refractivity contribution in [1.29, 1.82) is 0 Å². The molecule has 0 saturated heterocycles. The number of nitrogens with zero attached hydrogens (tertiary/aromatic N) is 2. The lowest BCUT2D eigenvalue weighted by Crippen LogP contribution is -3.00. The molecule has 4 nitrogen and oxygen atoms in total. The molecule has 0 spiro atoms. The van der Waals surface area contributed by atoms with Crippen molar-refractivity contribution in [2.45, 2.75) is 59.3 Å². The van der Waals surface area contributed by atoms with Crippen molar-refractivity contribution in [2.75, 3.05) is 33.2 Å². The van der Waals surface area contributed by atoms with Crippen LogP contribution in [0.4, 0.5) is 10.5 Å². The summed E-state index contributed by atoms with van der Waals surface area (Å²) in [5, 5.41) is 0. The maximum absolute atomic E-state index is 13.3. The van der Waals surface area contributed by atoms with E-state index in [1.807, 2.05) is 24.9 Å². The number of quaternary nitrogens is 1. The summed E-state index contributed by atoms with van der Waals surface area (Å²) in [6.07, 6.45) is 11.0. The molecule has 1 aromatic rings. The van der Waals surface area contributed by atoms with Crippen molar-refractivity contribution in [3.63, 3.8) is 0 Å². The lowest BCUT2D eigenvalue weighted by molar-refractivity contribution is -0.00000939. The molecule has 2 amide bonds. The number of carbonyl (C=O) groups excluding carboxylic acids is 1. The third-order valence-corrected chi connectivity index (χ3v) is 5.44. The van der Waals surface area contributed by atoms with Crippen molar-refractivity contribution in [2.24, 2.45) is 5.73 Å². The van der Waals surface area contributed by atoms with E-state index in [1.54, 1.807) is 0 Å². The minimum absolute atomic E-state index is 0. The zero-order chi connectivity index (χ0) is 20.1. The number of unbranched alkanes of at least 4 members (excludes halogenated alkanes) is 4. The molecule has 0 aliphatic heterocycles. The Labute approximate surface area is 178 Å². The fraction of sp³-hybridized carbons (Fsp3) is 0.609. The van der Waals surface area contributed by atoms with Gasteiger partial charge in [0, 0.05) is 20.1 Å². The second-order valence-corrected chi connectivity index (χ2v) is 7.30. The molecule has 0 fully saturated rings. The van der Waals surface area contributed by atoms with E-state index in [2.05, 4.69) is 44.2 Å². The summed E-state index contributed by atoms with van der Waals surface area (Å²) in [7, 11) is 1.91. The summed E-state index contributed by atoms with van der Waals surface area (Å²) >= 11 is 0. The standard InChI is InChI=1S/C23H40N3O.ClH/c1-5-8-9-10-13-20-26(7-3,23(27)25(4)6-2)22-17-15-21(16-18-22)14-11-12-19-24;/h11-12,15-18H,5-10,13-14,19-20,24H2,1-4H3;1H/q+1;/p-1. The number of urea groups is 1. The van der Waals surface area contributed by atoms with Gasteiger partial charge >= 0.3 is 6.03 Å². The number of hydrogen-bond acceptors (Lipinski definition) is 2. The van der Waals surface area contributed by atoms with E-state index in [1.165, 1.54) is 31.2 Å². The van der Waals surface area contributed by atoms with Crippen LogP contribution in [0.2, 0.25) is 0 Å². The van der Waals surface area contributed by atoms with Crippen LogP contribution in [0.3, 0.4) is 0 Å². The van der Waals surface area contributed by atoms with E-state index in [0.29, 0.717) is 11.0 Å². The first-order valence-corrected chi connectivity index (χ1v) is 10.6. The number of allylic oxidation sites excluding steroid dienone is 1. The number of nitrogens with two attached hydrogens (primary N) is 1. The Balaban J connectivity index is 0.00000729. The number of halogens is 1. The van der Waals surface area contributed by atoms with E-state index in [4.69, 9.17) is 5.73 Å². The lowest BCUT2D eigenvalue weighted by atomic mass is 10.1. The second-order valence-electron chi connectivity index (χ2n) is 7.30. The molecule has 0 heterocycles. The van der Waals surface area contributed by atoms with E-state index >= 15 is 0 Å². The molecule has 5 heteroatoms. The topological polar surface area (TPSA) is 46.3 Å². The summed E-state index contributed by atoms with van der Waals surface area (Å²) in [5.74, 6) is 0. The van der Waals surface area contributed by atoms with Gasteiger partial charge in [0.1, 0.15) is 5.69 Å². The number of amides is 2. The SMILES string of the molecule is CCCCCCC[N+](CC)(C(=O)N(C)CC)c1ccc(CC=CCN)cc1.[Cl-]. The minimum Gasteiger partial charge on any atom is -1.00 e. The quantitative estimate of drug-likeness (QED) is 0.326. The first-order valence-electron chi connectivity index (χ1n) is 10.6. The maximum Gasteiger partial charge on any atom is 0.423 e. The second kappa shape index (κ2) is 14.6. The van der Waals surface area contributed by atoms with Gasteiger partial charge in [0.15, 0.2) is 0 Å². The van der Waals surface area contributed by atoms with Gasteiger partial charge in [-0.1, -0.05) is 50.5 Å². The molecule has 0 aliphatic carbocycles. The van der Waals surface area contributed by atoms with Crippen molar-refractivity contribution in [3.8, 4) is 0 Å². The molecule has 1 unspecified atom stereocenters. The Hall–Kier alpha value is -1.36. The first kappa shape index (κ1) is 26.6. The Kier molecular flexibility index (Phi) is 13.9. The molecule has 1 rings (SSSR count). The summed E-state index contributed by atoms with van der Waals surface area (Å²) < 4.78 is 0.412. The number of hydrogen-bond donors (Lipinski definition) is 1. The third-order valence-electron chi connectivity index (χ3n) is 5.44. The molecule has 1 aromatic carbocycles. The number of benzene rings is 1. The average molecular weight is 410 g/mol. The fourth-order valence-corrected chi connectivity index (χ4v) is 3.49. The van der Waals surface area contributed by atoms with E-state index < -0.39 is 0 Å². The van der Waals surface area contributed by atoms with Gasteiger partial charge in [-0.2, -0.15) is 0 Å². The van der Waals surface area contributed by atoms with Gasteiger partial charge in [0.2, 0.25) is 0 Å². The molecule has 0 aliphatic rings. The lowest BCUT2D eigenvalue weighted by Gasteiger charge is -2.37. The van der Waals surface area contributed by atoms with Gasteiger partial charge < -0.3 is 18.1 Å². The van der Waals surface area contributed by atoms with Crippen LogP contribution in [0.1, 0.15) is 58.4 Å². The van der Waals surface area contributed by atoms with Crippen LogP contribution in [0.15, 0.2) is 36.4 Å². The van der Waals surface area contributed by atoms with Gasteiger partial charge in [-0.15, -0.1) is 0 Å². The van der Waals surface area contributed by atoms with Crippen molar-refractivity contribution >= 4 is 11.7 Å². The average Bonchev–Trinajstić information content (AvgIpc) is 2.71. The third kappa shape index (κ3) is 7.57. The summed E-state index contributed by atoms with van der Waals surface area (Å²) in [6.45, 7) is 9.36. The highest BCUT2D eigenvalue weighted by molar-refractivity contribution is 5.87. The van der Waals surface area contributed by atoms with Crippen LogP contribution < -0.4 is 22.6 Å². The minimum atomic E-state index is 0. The van der Waals surface area contributed by atoms with E-state index in [9.17, 15) is 4.79 Å². The maximum atomic E-state index is 13.3. The predicted molar refractivity (Wildman–Crippen MR) is 118 cm³/mol. The van der Waals surface area contributed by atoms with Crippen molar-refractivity contribution < 1.29 is 17.2 Å². The molecule has 28 heavy (non-hydrogen) atoms. The molecule has 0 bridgehead atoms. The van der Waals surface area contributed by atoms with E-state index in [0.717, 1.165) is 38.2 Å². The van der Waals surface area contributed by atoms with Crippen LogP contribution in [-0.4, -0.2) is 44.2 Å². The monoisotopic (exact) mass is 409 g/mol. The molecule has 160 valence electrons. The Morgan fingerprint density at radius 1 is 1.04 bits per heavy atom. The molecular weight excluding hydrogens is 370 g/mol. The fourth-order valence-electron chi connectivity index (χ4n) is 3.49. The van der Waals surface area contributed by atoms with Crippen LogP contribution in [0, 0.1) is 0 Å². The van der Waals surface area contributed by atoms with Crippen LogP contribution in [0.25, 0.3) is 0 Å². The Morgan fingerprint density at radius 2 is 1.68 bits per heavy atom. The van der Waals surface area contributed by atoms with Gasteiger partial charge in [-0.25, -0.2) is 9.28 Å². The summed E-state index contributed by atoms with van der Waals surface area (Å²) in [4.78, 5) is 15.2. The molecular formula is C23H40ClN3O. The van der Waals surface area contributed by atoms with Gasteiger partial charge in [-0.05, 0) is 50.8 Å². The van der Waals surface area contributed by atoms with Crippen LogP contribution in [-0.2, 0) is 6.42 Å². The van der Waals surface area contributed by atoms with Crippen LogP contribution >= 0.6 is 0 Å². The molecule has 0 saturated carbocycles. The molecule has 0 aromatic heterocycles. The van der Waals surface area contributed by atoms with Crippen molar-refractivity contribution in [1.82, 2.24) is 9.38 Å². The van der Waals surface area contributed by atoms with Gasteiger partial charge in [-0.3, -0.25) is 4.90 Å². The molecule has 1 atom stereocenters. The Bertz CT molecular complexity index is 574. The highest BCUT2D eigenvalue weighted by Gasteiger charge is 2.39. The highest BCUT2D eigenvalue weighted by Crippen LogP contribution is 2.27. The number of carbonyl (C=O) groups is 1. The zero-order valence-corrected chi connectivity index (χ0v) is 19.0. The highest BCUT2D eigenvalue weighted by atomic mass is 35.5. The van der Waals surface area contributed by atoms with Crippen LogP contribution in [0.5, 0.6) is 0 Å². The summed E-state index contributed by atoms with van der Waals surface area (Å²) in [5.41, 5.74) is 7.86. The summed E-state index contributed by atoms with van der Waals surface area (Å²) in [6, 6.07) is 8.78. The van der Waals surface area contributed by atoms with E-state index in [-0.39, 0.29) is 18.4 Å². The largest absolute Gasteiger partial charge is 1.00 e.